The summed E-state index contributed by atoms with van der Waals surface area (Å²) in [7, 11) is 0. The van der Waals surface area contributed by atoms with Gasteiger partial charge in [-0.1, -0.05) is 33.6 Å². The van der Waals surface area contributed by atoms with Crippen LogP contribution in [0.25, 0.3) is 0 Å². The molecule has 4 saturated carbocycles. The molecule has 4 fully saturated rings. The number of Topliss-reactive ketones (excluding diaryl/α,β-unsaturated/α-hetero) is 1. The Morgan fingerprint density at radius 2 is 1.88 bits per heavy atom. The molecule has 2 heteroatoms. The number of hydrogen-bond donors (Lipinski definition) is 0. The number of rotatable bonds is 4. The number of hydrogen-bond acceptors (Lipinski definition) is 2. The van der Waals surface area contributed by atoms with Gasteiger partial charge in [-0.25, -0.2) is 0 Å². The van der Waals surface area contributed by atoms with E-state index in [9.17, 15) is 9.59 Å². The average Bonchev–Trinajstić information content (AvgIpc) is 2.99. The lowest BCUT2D eigenvalue weighted by molar-refractivity contribution is -0.157. The van der Waals surface area contributed by atoms with Crippen LogP contribution in [0.4, 0.5) is 0 Å². The number of fused-ring (bicyclic) bond motifs is 5. The minimum absolute atomic E-state index is 0.110. The molecule has 26 heavy (non-hydrogen) atoms. The molecule has 146 valence electrons. The lowest BCUT2D eigenvalue weighted by Crippen LogP contribution is -2.56. The third-order valence-corrected chi connectivity index (χ3v) is 9.94. The molecule has 2 nitrogen and oxygen atoms in total. The number of carbonyl (C=O) groups excluding carboxylic acids is 2. The van der Waals surface area contributed by atoms with E-state index in [1.165, 1.54) is 51.4 Å². The van der Waals surface area contributed by atoms with Gasteiger partial charge in [-0.3, -0.25) is 4.79 Å². The first-order chi connectivity index (χ1) is 12.4. The summed E-state index contributed by atoms with van der Waals surface area (Å²) in [4.78, 5) is 24.4. The van der Waals surface area contributed by atoms with E-state index in [0.717, 1.165) is 31.0 Å². The minimum atomic E-state index is -0.110. The van der Waals surface area contributed by atoms with Crippen LogP contribution in [0.5, 0.6) is 0 Å². The smallest absolute Gasteiger partial charge is 0.139 e. The first-order valence-electron chi connectivity index (χ1n) is 11.4. The molecule has 0 aromatic heterocycles. The van der Waals surface area contributed by atoms with Crippen molar-refractivity contribution >= 4 is 12.1 Å². The minimum Gasteiger partial charge on any atom is -0.303 e. The Kier molecular flexibility index (Phi) is 4.85. The number of aldehydes is 1. The van der Waals surface area contributed by atoms with Gasteiger partial charge in [0.1, 0.15) is 12.1 Å². The summed E-state index contributed by atoms with van der Waals surface area (Å²) >= 11 is 0. The molecule has 0 amide bonds. The van der Waals surface area contributed by atoms with Crippen molar-refractivity contribution in [2.45, 2.75) is 91.4 Å². The maximum absolute atomic E-state index is 13.6. The van der Waals surface area contributed by atoms with Crippen molar-refractivity contribution in [3.63, 3.8) is 0 Å². The van der Waals surface area contributed by atoms with Gasteiger partial charge in [0.15, 0.2) is 0 Å². The number of ketones is 1. The first-order valence-corrected chi connectivity index (χ1v) is 11.4. The maximum atomic E-state index is 13.6. The zero-order valence-electron chi connectivity index (χ0n) is 17.1. The topological polar surface area (TPSA) is 34.1 Å². The van der Waals surface area contributed by atoms with Crippen molar-refractivity contribution in [3.8, 4) is 0 Å². The van der Waals surface area contributed by atoms with E-state index in [0.29, 0.717) is 41.3 Å². The Bertz CT molecular complexity index is 569. The van der Waals surface area contributed by atoms with Crippen LogP contribution in [0.15, 0.2) is 0 Å². The Morgan fingerprint density at radius 3 is 2.65 bits per heavy atom. The van der Waals surface area contributed by atoms with Gasteiger partial charge in [0.05, 0.1) is 0 Å². The number of carbonyl (C=O) groups is 2. The lowest BCUT2D eigenvalue weighted by atomic mass is 9.44. The molecule has 0 saturated heterocycles. The van der Waals surface area contributed by atoms with Crippen LogP contribution in [-0.4, -0.2) is 12.1 Å². The summed E-state index contributed by atoms with van der Waals surface area (Å²) in [6, 6.07) is 0. The molecule has 0 spiro atoms. The second-order valence-electron chi connectivity index (χ2n) is 10.7. The zero-order valence-corrected chi connectivity index (χ0v) is 17.1. The van der Waals surface area contributed by atoms with Crippen molar-refractivity contribution in [2.24, 2.45) is 46.3 Å². The Morgan fingerprint density at radius 1 is 1.08 bits per heavy atom. The highest BCUT2D eigenvalue weighted by Crippen LogP contribution is 2.67. The van der Waals surface area contributed by atoms with Crippen LogP contribution in [0.2, 0.25) is 0 Å². The molecule has 4 aliphatic carbocycles. The highest BCUT2D eigenvalue weighted by molar-refractivity contribution is 5.87. The first kappa shape index (κ1) is 18.7. The van der Waals surface area contributed by atoms with Crippen LogP contribution < -0.4 is 0 Å². The molecule has 0 radical (unpaired) electrons. The molecule has 4 aliphatic rings. The lowest BCUT2D eigenvalue weighted by Gasteiger charge is -2.60. The van der Waals surface area contributed by atoms with Gasteiger partial charge in [0.25, 0.3) is 0 Å². The molecule has 0 aliphatic heterocycles. The molecule has 1 unspecified atom stereocenters. The fourth-order valence-electron chi connectivity index (χ4n) is 8.48. The maximum Gasteiger partial charge on any atom is 0.139 e. The molecule has 0 aromatic rings. The monoisotopic (exact) mass is 358 g/mol. The van der Waals surface area contributed by atoms with Gasteiger partial charge in [0.2, 0.25) is 0 Å². The normalized spacial score (nSPS) is 49.0. The predicted octanol–water partition coefficient (Wildman–Crippen LogP) is 5.83. The van der Waals surface area contributed by atoms with E-state index in [4.69, 9.17) is 0 Å². The van der Waals surface area contributed by atoms with E-state index in [1.54, 1.807) is 0 Å². The van der Waals surface area contributed by atoms with Gasteiger partial charge in [-0.2, -0.15) is 0 Å². The van der Waals surface area contributed by atoms with Crippen molar-refractivity contribution < 1.29 is 9.59 Å². The standard InChI is InChI=1S/C24H38O2/c1-16(7-6-14-25)19-11-12-20-18-10-9-17-8-4-5-13-23(17,2)21(18)15-22(26)24(19,20)3/h14,16-21H,4-13,15H2,1-3H3/t16-,17?,18+,19-,20+,21+,23+,24-/m1/s1. The fraction of sp³-hybridized carbons (Fsp3) is 0.917. The quantitative estimate of drug-likeness (QED) is 0.593. The van der Waals surface area contributed by atoms with Crippen LogP contribution in [0.3, 0.4) is 0 Å². The second kappa shape index (κ2) is 6.74. The Balaban J connectivity index is 1.61. The largest absolute Gasteiger partial charge is 0.303 e. The third-order valence-electron chi connectivity index (χ3n) is 9.94. The highest BCUT2D eigenvalue weighted by Gasteiger charge is 2.63. The molecule has 0 bridgehead atoms. The molecular weight excluding hydrogens is 320 g/mol. The van der Waals surface area contributed by atoms with Crippen molar-refractivity contribution in [1.82, 2.24) is 0 Å². The summed E-state index contributed by atoms with van der Waals surface area (Å²) < 4.78 is 0. The van der Waals surface area contributed by atoms with Gasteiger partial charge in [-0.05, 0) is 85.9 Å². The summed E-state index contributed by atoms with van der Waals surface area (Å²) in [5, 5.41) is 0. The third kappa shape index (κ3) is 2.57. The summed E-state index contributed by atoms with van der Waals surface area (Å²) in [5.41, 5.74) is 0.320. The van der Waals surface area contributed by atoms with Crippen molar-refractivity contribution in [1.29, 1.82) is 0 Å². The van der Waals surface area contributed by atoms with Crippen LogP contribution in [0.1, 0.15) is 91.4 Å². The molecule has 4 rings (SSSR count). The van der Waals surface area contributed by atoms with Crippen LogP contribution in [0, 0.1) is 46.3 Å². The van der Waals surface area contributed by atoms with E-state index in [1.807, 2.05) is 0 Å². The summed E-state index contributed by atoms with van der Waals surface area (Å²) in [6.07, 6.45) is 14.3. The second-order valence-corrected chi connectivity index (χ2v) is 10.7. The summed E-state index contributed by atoms with van der Waals surface area (Å²) in [6.45, 7) is 7.16. The molecular formula is C24H38O2. The summed E-state index contributed by atoms with van der Waals surface area (Å²) in [5.74, 6) is 4.48. The van der Waals surface area contributed by atoms with Gasteiger partial charge in [-0.15, -0.1) is 0 Å². The SMILES string of the molecule is C[C@H](CCC=O)[C@H]1CC[C@H]2[C@@H]3CCC4CCCC[C@]4(C)[C@H]3CC(=O)[C@]12C. The van der Waals surface area contributed by atoms with E-state index in [-0.39, 0.29) is 5.41 Å². The Hall–Kier alpha value is -0.660. The van der Waals surface area contributed by atoms with Crippen LogP contribution >= 0.6 is 0 Å². The molecule has 0 N–H and O–H groups in total. The zero-order chi connectivity index (χ0) is 18.5. The van der Waals surface area contributed by atoms with Gasteiger partial charge >= 0.3 is 0 Å². The molecule has 8 atom stereocenters. The predicted molar refractivity (Wildman–Crippen MR) is 105 cm³/mol. The van der Waals surface area contributed by atoms with Gasteiger partial charge in [0, 0.05) is 18.3 Å². The van der Waals surface area contributed by atoms with E-state index < -0.39 is 0 Å². The fourth-order valence-corrected chi connectivity index (χ4v) is 8.48. The average molecular weight is 359 g/mol. The van der Waals surface area contributed by atoms with Gasteiger partial charge < -0.3 is 4.79 Å². The van der Waals surface area contributed by atoms with E-state index >= 15 is 0 Å². The van der Waals surface area contributed by atoms with Crippen LogP contribution in [-0.2, 0) is 9.59 Å². The van der Waals surface area contributed by atoms with Crippen molar-refractivity contribution in [2.75, 3.05) is 0 Å². The highest BCUT2D eigenvalue weighted by atomic mass is 16.1. The molecule has 0 aromatic carbocycles. The Labute approximate surface area is 159 Å². The van der Waals surface area contributed by atoms with E-state index in [2.05, 4.69) is 20.8 Å². The van der Waals surface area contributed by atoms with Crippen molar-refractivity contribution in [3.05, 3.63) is 0 Å². The molecule has 0 heterocycles.